The van der Waals surface area contributed by atoms with Crippen LogP contribution < -0.4 is 4.74 Å². The topological polar surface area (TPSA) is 68.7 Å². The fourth-order valence-electron chi connectivity index (χ4n) is 3.57. The molecule has 3 aromatic rings. The number of aromatic nitrogens is 1. The van der Waals surface area contributed by atoms with Gasteiger partial charge in [0, 0.05) is 12.2 Å². The highest BCUT2D eigenvalue weighted by molar-refractivity contribution is 7.15. The van der Waals surface area contributed by atoms with Crippen LogP contribution in [0.4, 0.5) is 13.2 Å². The smallest absolute Gasteiger partial charge is 0.416 e. The fraction of sp³-hybridized carbons (Fsp3) is 0.385. The number of carboxylic acids is 1. The Morgan fingerprint density at radius 2 is 1.76 bits per heavy atom. The fourth-order valence-corrected chi connectivity index (χ4v) is 5.20. The summed E-state index contributed by atoms with van der Waals surface area (Å²) in [5, 5.41) is 10.3. The molecule has 0 saturated heterocycles. The van der Waals surface area contributed by atoms with Crippen LogP contribution in [0, 0.1) is 6.92 Å². The maximum absolute atomic E-state index is 12.9. The van der Waals surface area contributed by atoms with Crippen molar-refractivity contribution in [3.05, 3.63) is 68.1 Å². The second-order valence-corrected chi connectivity index (χ2v) is 10.6. The number of benzene rings is 2. The van der Waals surface area contributed by atoms with Crippen LogP contribution in [-0.4, -0.2) is 28.3 Å². The number of carbonyl (C=O) groups is 1. The number of nitrogens with zero attached hydrogens (tertiary/aromatic N) is 1. The van der Waals surface area contributed by atoms with Gasteiger partial charge in [0.05, 0.1) is 27.3 Å². The van der Waals surface area contributed by atoms with Crippen molar-refractivity contribution in [1.82, 2.24) is 4.98 Å². The van der Waals surface area contributed by atoms with Gasteiger partial charge in [-0.25, -0.2) is 9.78 Å². The number of ether oxygens (including phenoxy) is 2. The molecule has 0 radical (unpaired) electrons. The van der Waals surface area contributed by atoms with Gasteiger partial charge in [-0.1, -0.05) is 41.4 Å². The van der Waals surface area contributed by atoms with Crippen LogP contribution in [0.3, 0.4) is 0 Å². The second-order valence-electron chi connectivity index (χ2n) is 8.79. The number of aryl methyl sites for hydroxylation is 2. The lowest BCUT2D eigenvalue weighted by atomic mass is 10.0. The lowest BCUT2D eigenvalue weighted by molar-refractivity contribution is -0.152. The van der Waals surface area contributed by atoms with Crippen molar-refractivity contribution in [2.45, 2.75) is 58.4 Å². The highest BCUT2D eigenvalue weighted by Gasteiger charge is 2.31. The zero-order chi connectivity index (χ0) is 27.5. The number of alkyl halides is 3. The van der Waals surface area contributed by atoms with E-state index in [-0.39, 0.29) is 21.9 Å². The number of hydrogen-bond donors (Lipinski definition) is 1. The van der Waals surface area contributed by atoms with Gasteiger partial charge in [-0.15, -0.1) is 11.3 Å². The largest absolute Gasteiger partial charge is 0.478 e. The molecule has 0 fully saturated rings. The van der Waals surface area contributed by atoms with E-state index in [9.17, 15) is 23.1 Å². The minimum atomic E-state index is -4.40. The molecule has 1 N–H and O–H groups in total. The first-order valence-corrected chi connectivity index (χ1v) is 13.0. The van der Waals surface area contributed by atoms with E-state index in [1.807, 2.05) is 13.8 Å². The summed E-state index contributed by atoms with van der Waals surface area (Å²) in [4.78, 5) is 16.8. The lowest BCUT2D eigenvalue weighted by Crippen LogP contribution is -2.38. The summed E-state index contributed by atoms with van der Waals surface area (Å²) in [5.41, 5.74) is -0.125. The van der Waals surface area contributed by atoms with E-state index in [0.717, 1.165) is 28.3 Å². The summed E-state index contributed by atoms with van der Waals surface area (Å²) >= 11 is 14.2. The molecular formula is C26H26Cl2F3NO4S. The Kier molecular flexibility index (Phi) is 9.16. The molecule has 5 nitrogen and oxygen atoms in total. The predicted octanol–water partition coefficient (Wildman–Crippen LogP) is 8.40. The minimum Gasteiger partial charge on any atom is -0.478 e. The monoisotopic (exact) mass is 575 g/mol. The van der Waals surface area contributed by atoms with E-state index in [0.29, 0.717) is 30.0 Å². The molecule has 0 unspecified atom stereocenters. The summed E-state index contributed by atoms with van der Waals surface area (Å²) in [7, 11) is 0. The number of halogens is 5. The van der Waals surface area contributed by atoms with Crippen molar-refractivity contribution in [2.24, 2.45) is 0 Å². The Bertz CT molecular complexity index is 1260. The van der Waals surface area contributed by atoms with Crippen molar-refractivity contribution >= 4 is 40.5 Å². The highest BCUT2D eigenvalue weighted by atomic mass is 35.5. The molecule has 200 valence electrons. The SMILES string of the molecule is CCO[C@@H](CCc1ccc(OC(C)(C)C(=O)O)c(Cl)c1Cl)c1sc(-c2ccc(C(F)(F)F)cc2)nc1C. The molecule has 0 aliphatic heterocycles. The van der Waals surface area contributed by atoms with Crippen LogP contribution in [0.2, 0.25) is 10.0 Å². The molecule has 2 aromatic carbocycles. The first kappa shape index (κ1) is 29.2. The number of carboxylic acid groups (broad SMARTS) is 1. The van der Waals surface area contributed by atoms with Crippen LogP contribution in [0.1, 0.15) is 55.0 Å². The first-order valence-electron chi connectivity index (χ1n) is 11.4. The average molecular weight is 576 g/mol. The first-order chi connectivity index (χ1) is 17.2. The molecule has 1 heterocycles. The standard InChI is InChI=1S/C26H26Cl2F3NO4S/c1-5-35-19(13-9-15-8-12-18(21(28)20(15)27)36-25(3,4)24(33)34)22-14(2)32-23(37-22)16-6-10-17(11-7-16)26(29,30)31/h6-8,10-12,19H,5,9,13H2,1-4H3,(H,33,34)/t19-/m0/s1. The van der Waals surface area contributed by atoms with Crippen LogP contribution in [-0.2, 0) is 22.1 Å². The van der Waals surface area contributed by atoms with Crippen molar-refractivity contribution < 1.29 is 32.5 Å². The van der Waals surface area contributed by atoms with Crippen LogP contribution >= 0.6 is 34.5 Å². The quantitative estimate of drug-likeness (QED) is 0.263. The van der Waals surface area contributed by atoms with Crippen molar-refractivity contribution in [1.29, 1.82) is 0 Å². The number of thiazole rings is 1. The Balaban J connectivity index is 1.80. The van der Waals surface area contributed by atoms with Gasteiger partial charge >= 0.3 is 12.1 Å². The molecule has 1 atom stereocenters. The molecule has 37 heavy (non-hydrogen) atoms. The molecule has 1 aromatic heterocycles. The summed E-state index contributed by atoms with van der Waals surface area (Å²) < 4.78 is 50.2. The Morgan fingerprint density at radius 3 is 2.32 bits per heavy atom. The van der Waals surface area contributed by atoms with Gasteiger partial charge in [0.25, 0.3) is 0 Å². The van der Waals surface area contributed by atoms with E-state index in [1.54, 1.807) is 12.1 Å². The predicted molar refractivity (Wildman–Crippen MR) is 139 cm³/mol. The van der Waals surface area contributed by atoms with Crippen LogP contribution in [0.5, 0.6) is 5.75 Å². The van der Waals surface area contributed by atoms with E-state index in [1.165, 1.54) is 37.3 Å². The third-order valence-corrected chi connectivity index (χ3v) is 7.84. The van der Waals surface area contributed by atoms with Gasteiger partial charge in [0.15, 0.2) is 5.60 Å². The summed E-state index contributed by atoms with van der Waals surface area (Å²) in [5.74, 6) is -0.970. The second kappa shape index (κ2) is 11.6. The maximum atomic E-state index is 12.9. The normalized spacial score (nSPS) is 13.0. The molecule has 0 spiro atoms. The molecule has 0 aliphatic carbocycles. The Hall–Kier alpha value is -2.33. The van der Waals surface area contributed by atoms with Gasteiger partial charge in [-0.2, -0.15) is 13.2 Å². The van der Waals surface area contributed by atoms with Crippen molar-refractivity contribution in [2.75, 3.05) is 6.61 Å². The lowest BCUT2D eigenvalue weighted by Gasteiger charge is -2.23. The molecule has 3 rings (SSSR count). The average Bonchev–Trinajstić information content (AvgIpc) is 3.21. The molecule has 0 amide bonds. The Morgan fingerprint density at radius 1 is 1.11 bits per heavy atom. The van der Waals surface area contributed by atoms with Crippen molar-refractivity contribution in [3.63, 3.8) is 0 Å². The van der Waals surface area contributed by atoms with Crippen LogP contribution in [0.15, 0.2) is 36.4 Å². The maximum Gasteiger partial charge on any atom is 0.416 e. The molecule has 0 aliphatic rings. The zero-order valence-corrected chi connectivity index (χ0v) is 22.9. The van der Waals surface area contributed by atoms with Gasteiger partial charge in [0.1, 0.15) is 15.8 Å². The van der Waals surface area contributed by atoms with Crippen LogP contribution in [0.25, 0.3) is 10.6 Å². The van der Waals surface area contributed by atoms with Gasteiger partial charge in [-0.3, -0.25) is 0 Å². The minimum absolute atomic E-state index is 0.125. The van der Waals surface area contributed by atoms with E-state index < -0.39 is 23.3 Å². The highest BCUT2D eigenvalue weighted by Crippen LogP contribution is 2.40. The van der Waals surface area contributed by atoms with E-state index in [2.05, 4.69) is 4.98 Å². The number of rotatable bonds is 10. The molecular weight excluding hydrogens is 550 g/mol. The zero-order valence-electron chi connectivity index (χ0n) is 20.6. The number of hydrogen-bond acceptors (Lipinski definition) is 5. The van der Waals surface area contributed by atoms with Gasteiger partial charge < -0.3 is 14.6 Å². The summed E-state index contributed by atoms with van der Waals surface area (Å²) in [6, 6.07) is 8.24. The van der Waals surface area contributed by atoms with E-state index in [4.69, 9.17) is 32.7 Å². The Labute approximate surface area is 227 Å². The summed E-state index contributed by atoms with van der Waals surface area (Å²) in [6.45, 7) is 6.99. The molecule has 11 heteroatoms. The summed E-state index contributed by atoms with van der Waals surface area (Å²) in [6.07, 6.45) is -3.68. The van der Waals surface area contributed by atoms with E-state index >= 15 is 0 Å². The molecule has 0 bridgehead atoms. The third kappa shape index (κ3) is 6.96. The van der Waals surface area contributed by atoms with Crippen molar-refractivity contribution in [3.8, 4) is 16.3 Å². The van der Waals surface area contributed by atoms with Gasteiger partial charge in [-0.05, 0) is 64.3 Å². The molecule has 0 saturated carbocycles. The third-order valence-electron chi connectivity index (χ3n) is 5.63. The van der Waals surface area contributed by atoms with Gasteiger partial charge in [0.2, 0.25) is 0 Å². The number of aliphatic carboxylic acids is 1.